The van der Waals surface area contributed by atoms with E-state index in [-0.39, 0.29) is 10.1 Å². The van der Waals surface area contributed by atoms with E-state index >= 15 is 0 Å². The number of thioether (sulfide) groups is 1. The molecule has 0 fully saturated rings. The highest BCUT2D eigenvalue weighted by Crippen LogP contribution is 2.17. The SMILES string of the molecule is CC(Cl)SCC(Cl)CCl. The molecule has 9 heavy (non-hydrogen) atoms. The molecule has 4 heteroatoms. The fraction of sp³-hybridized carbons (Fsp3) is 1.00. The van der Waals surface area contributed by atoms with Crippen LogP contribution in [0.2, 0.25) is 0 Å². The summed E-state index contributed by atoms with van der Waals surface area (Å²) in [6, 6.07) is 0. The first-order chi connectivity index (χ1) is 4.16. The number of hydrogen-bond donors (Lipinski definition) is 0. The van der Waals surface area contributed by atoms with Gasteiger partial charge in [-0.15, -0.1) is 46.6 Å². The van der Waals surface area contributed by atoms with Crippen molar-refractivity contribution in [2.24, 2.45) is 0 Å². The standard InChI is InChI=1S/C5H9Cl3S/c1-4(7)9-3-5(8)2-6/h4-5H,2-3H2,1H3. The van der Waals surface area contributed by atoms with Crippen molar-refractivity contribution in [3.05, 3.63) is 0 Å². The molecule has 0 nitrogen and oxygen atoms in total. The van der Waals surface area contributed by atoms with Crippen LogP contribution in [0.3, 0.4) is 0 Å². The summed E-state index contributed by atoms with van der Waals surface area (Å²) in [6.45, 7) is 1.92. The zero-order valence-corrected chi connectivity index (χ0v) is 8.20. The van der Waals surface area contributed by atoms with Crippen molar-refractivity contribution in [3.63, 3.8) is 0 Å². The van der Waals surface area contributed by atoms with Crippen molar-refractivity contribution in [2.45, 2.75) is 17.0 Å². The summed E-state index contributed by atoms with van der Waals surface area (Å²) in [5, 5.41) is 0.0536. The lowest BCUT2D eigenvalue weighted by molar-refractivity contribution is 1.12. The van der Waals surface area contributed by atoms with Gasteiger partial charge in [-0.05, 0) is 6.92 Å². The summed E-state index contributed by atoms with van der Waals surface area (Å²) >= 11 is 18.4. The summed E-state index contributed by atoms with van der Waals surface area (Å²) in [4.78, 5) is 0. The molecule has 0 rings (SSSR count). The molecule has 2 atom stereocenters. The average Bonchev–Trinajstić information content (AvgIpc) is 1.83. The second-order valence-electron chi connectivity index (χ2n) is 1.63. The van der Waals surface area contributed by atoms with E-state index in [4.69, 9.17) is 34.8 Å². The topological polar surface area (TPSA) is 0 Å². The maximum atomic E-state index is 5.70. The second kappa shape index (κ2) is 5.96. The van der Waals surface area contributed by atoms with Crippen LogP contribution in [0.4, 0.5) is 0 Å². The molecule has 0 saturated carbocycles. The van der Waals surface area contributed by atoms with Gasteiger partial charge in [0, 0.05) is 11.6 Å². The third-order valence-corrected chi connectivity index (χ3v) is 3.13. The van der Waals surface area contributed by atoms with Crippen LogP contribution in [0.5, 0.6) is 0 Å². The summed E-state index contributed by atoms with van der Waals surface area (Å²) in [6.07, 6.45) is 0. The minimum absolute atomic E-state index is 0.0536. The molecule has 56 valence electrons. The number of halogens is 3. The van der Waals surface area contributed by atoms with Gasteiger partial charge < -0.3 is 0 Å². The smallest absolute Gasteiger partial charge is 0.0761 e. The minimum atomic E-state index is 0.0536. The predicted octanol–water partition coefficient (Wildman–Crippen LogP) is 3.15. The Bertz CT molecular complexity index is 67.2. The molecule has 0 bridgehead atoms. The molecular weight excluding hydrogens is 198 g/mol. The van der Waals surface area contributed by atoms with Crippen LogP contribution < -0.4 is 0 Å². The van der Waals surface area contributed by atoms with Crippen molar-refractivity contribution >= 4 is 46.6 Å². The lowest BCUT2D eigenvalue weighted by Crippen LogP contribution is -2.04. The van der Waals surface area contributed by atoms with E-state index in [1.807, 2.05) is 6.92 Å². The van der Waals surface area contributed by atoms with Crippen LogP contribution in [0.1, 0.15) is 6.92 Å². The lowest BCUT2D eigenvalue weighted by atomic mass is 10.6. The highest BCUT2D eigenvalue weighted by atomic mass is 35.5. The van der Waals surface area contributed by atoms with Gasteiger partial charge in [0.05, 0.1) is 10.1 Å². The van der Waals surface area contributed by atoms with Gasteiger partial charge >= 0.3 is 0 Å². The molecule has 2 unspecified atom stereocenters. The van der Waals surface area contributed by atoms with E-state index in [2.05, 4.69) is 0 Å². The van der Waals surface area contributed by atoms with Crippen molar-refractivity contribution in [1.82, 2.24) is 0 Å². The fourth-order valence-electron chi connectivity index (χ4n) is 0.282. The summed E-state index contributed by atoms with van der Waals surface area (Å²) < 4.78 is 0.134. The second-order valence-corrected chi connectivity index (χ2v) is 4.84. The highest BCUT2D eigenvalue weighted by molar-refractivity contribution is 8.01. The molecular formula is C5H9Cl3S. The van der Waals surface area contributed by atoms with Gasteiger partial charge in [-0.1, -0.05) is 0 Å². The molecule has 0 aliphatic carbocycles. The zero-order chi connectivity index (χ0) is 7.28. The van der Waals surface area contributed by atoms with Crippen LogP contribution in [-0.2, 0) is 0 Å². The van der Waals surface area contributed by atoms with E-state index < -0.39 is 0 Å². The van der Waals surface area contributed by atoms with Gasteiger partial charge in [0.1, 0.15) is 0 Å². The fourth-order valence-corrected chi connectivity index (χ4v) is 1.55. The Kier molecular flexibility index (Phi) is 6.77. The Hall–Kier alpha value is 1.22. The van der Waals surface area contributed by atoms with Crippen LogP contribution in [0.25, 0.3) is 0 Å². The first kappa shape index (κ1) is 10.2. The average molecular weight is 208 g/mol. The summed E-state index contributed by atoms with van der Waals surface area (Å²) in [5.74, 6) is 1.33. The van der Waals surface area contributed by atoms with Gasteiger partial charge in [-0.2, -0.15) is 0 Å². The largest absolute Gasteiger partial charge is 0.141 e. The van der Waals surface area contributed by atoms with Gasteiger partial charge in [0.2, 0.25) is 0 Å². The summed E-state index contributed by atoms with van der Waals surface area (Å²) in [7, 11) is 0. The van der Waals surface area contributed by atoms with Crippen LogP contribution >= 0.6 is 46.6 Å². The number of rotatable bonds is 4. The normalized spacial score (nSPS) is 17.3. The van der Waals surface area contributed by atoms with Gasteiger partial charge in [0.25, 0.3) is 0 Å². The van der Waals surface area contributed by atoms with Crippen molar-refractivity contribution in [3.8, 4) is 0 Å². The molecule has 0 spiro atoms. The highest BCUT2D eigenvalue weighted by Gasteiger charge is 2.04. The molecule has 0 aromatic heterocycles. The first-order valence-corrected chi connectivity index (χ1v) is 5.08. The monoisotopic (exact) mass is 206 g/mol. The Morgan fingerprint density at radius 3 is 2.33 bits per heavy atom. The Morgan fingerprint density at radius 2 is 2.00 bits per heavy atom. The third-order valence-electron chi connectivity index (χ3n) is 0.674. The van der Waals surface area contributed by atoms with E-state index in [1.165, 1.54) is 0 Å². The van der Waals surface area contributed by atoms with Crippen molar-refractivity contribution < 1.29 is 0 Å². The van der Waals surface area contributed by atoms with Gasteiger partial charge in [-0.3, -0.25) is 0 Å². The molecule has 0 amide bonds. The first-order valence-electron chi connectivity index (χ1n) is 2.62. The van der Waals surface area contributed by atoms with E-state index in [0.717, 1.165) is 5.75 Å². The quantitative estimate of drug-likeness (QED) is 0.638. The van der Waals surface area contributed by atoms with E-state index in [1.54, 1.807) is 11.8 Å². The van der Waals surface area contributed by atoms with Crippen LogP contribution in [0.15, 0.2) is 0 Å². The molecule has 0 aliphatic heterocycles. The zero-order valence-electron chi connectivity index (χ0n) is 5.11. The minimum Gasteiger partial charge on any atom is -0.141 e. The Balaban J connectivity index is 3.06. The molecule has 0 N–H and O–H groups in total. The van der Waals surface area contributed by atoms with Crippen LogP contribution in [-0.4, -0.2) is 21.7 Å². The maximum absolute atomic E-state index is 5.70. The molecule has 0 aromatic carbocycles. The number of hydrogen-bond acceptors (Lipinski definition) is 1. The van der Waals surface area contributed by atoms with Crippen molar-refractivity contribution in [2.75, 3.05) is 11.6 Å². The molecule has 0 heterocycles. The molecule has 0 aliphatic rings. The van der Waals surface area contributed by atoms with Crippen LogP contribution in [0, 0.1) is 0 Å². The summed E-state index contributed by atoms with van der Waals surface area (Å²) in [5.41, 5.74) is 0. The van der Waals surface area contributed by atoms with E-state index in [0.29, 0.717) is 5.88 Å². The molecule has 0 aromatic rings. The lowest BCUT2D eigenvalue weighted by Gasteiger charge is -2.04. The molecule has 0 radical (unpaired) electrons. The third kappa shape index (κ3) is 7.11. The van der Waals surface area contributed by atoms with Crippen molar-refractivity contribution in [1.29, 1.82) is 0 Å². The molecule has 0 saturated heterocycles. The predicted molar refractivity (Wildman–Crippen MR) is 48.1 cm³/mol. The number of alkyl halides is 3. The Labute approximate surface area is 75.2 Å². The van der Waals surface area contributed by atoms with Gasteiger partial charge in [-0.25, -0.2) is 0 Å². The maximum Gasteiger partial charge on any atom is 0.0761 e. The Morgan fingerprint density at radius 1 is 1.44 bits per heavy atom. The van der Waals surface area contributed by atoms with Gasteiger partial charge in [0.15, 0.2) is 0 Å². The van der Waals surface area contributed by atoms with E-state index in [9.17, 15) is 0 Å².